The van der Waals surface area contributed by atoms with Crippen LogP contribution in [0.5, 0.6) is 11.6 Å². The molecule has 0 saturated carbocycles. The molecule has 0 radical (unpaired) electrons. The quantitative estimate of drug-likeness (QED) is 0.799. The summed E-state index contributed by atoms with van der Waals surface area (Å²) in [6, 6.07) is 2.87. The minimum atomic E-state index is -4.83. The van der Waals surface area contributed by atoms with Gasteiger partial charge >= 0.3 is 6.36 Å². The summed E-state index contributed by atoms with van der Waals surface area (Å²) in [5, 5.41) is 8.85. The first-order valence-corrected chi connectivity index (χ1v) is 5.79. The molecule has 98 valence electrons. The molecule has 8 heteroatoms. The van der Waals surface area contributed by atoms with Crippen molar-refractivity contribution in [1.82, 2.24) is 4.98 Å². The lowest BCUT2D eigenvalue weighted by atomic mass is 10.1. The van der Waals surface area contributed by atoms with Crippen molar-refractivity contribution in [2.75, 3.05) is 7.11 Å². The number of nitrogens with zero attached hydrogens (tertiary/aromatic N) is 2. The van der Waals surface area contributed by atoms with E-state index in [0.29, 0.717) is 5.69 Å². The van der Waals surface area contributed by atoms with Gasteiger partial charge in [0.2, 0.25) is 5.88 Å². The van der Waals surface area contributed by atoms with Crippen LogP contribution in [0.2, 0.25) is 0 Å². The second-order valence-corrected chi connectivity index (χ2v) is 3.68. The summed E-state index contributed by atoms with van der Waals surface area (Å²) in [6.07, 6.45) is -5.12. The van der Waals surface area contributed by atoms with Gasteiger partial charge in [-0.25, -0.2) is 4.98 Å². The van der Waals surface area contributed by atoms with Crippen molar-refractivity contribution in [2.24, 2.45) is 0 Å². The van der Waals surface area contributed by atoms with Crippen molar-refractivity contribution in [2.45, 2.75) is 18.1 Å². The van der Waals surface area contributed by atoms with Gasteiger partial charge in [0.15, 0.2) is 0 Å². The molecule has 1 rings (SSSR count). The summed E-state index contributed by atoms with van der Waals surface area (Å²) in [5.41, 5.74) is 0.287. The van der Waals surface area contributed by atoms with E-state index in [9.17, 15) is 13.2 Å². The van der Waals surface area contributed by atoms with Gasteiger partial charge in [-0.15, -0.1) is 13.2 Å². The molecule has 0 aliphatic heterocycles. The molecule has 0 aliphatic rings. The number of hydrogen-bond acceptors (Lipinski definition) is 4. The highest BCUT2D eigenvalue weighted by molar-refractivity contribution is 9.08. The molecular weight excluding hydrogens is 317 g/mol. The van der Waals surface area contributed by atoms with Gasteiger partial charge < -0.3 is 9.47 Å². The molecule has 0 atom stereocenters. The van der Waals surface area contributed by atoms with E-state index in [1.54, 1.807) is 6.07 Å². The van der Waals surface area contributed by atoms with Gasteiger partial charge in [0.1, 0.15) is 5.75 Å². The summed E-state index contributed by atoms with van der Waals surface area (Å²) in [5.74, 6) is -0.516. The van der Waals surface area contributed by atoms with E-state index in [1.807, 2.05) is 0 Å². The predicted molar refractivity (Wildman–Crippen MR) is 59.4 cm³/mol. The van der Waals surface area contributed by atoms with Gasteiger partial charge in [-0.3, -0.25) is 0 Å². The summed E-state index contributed by atoms with van der Waals surface area (Å²) in [4.78, 5) is 3.95. The van der Waals surface area contributed by atoms with E-state index in [2.05, 4.69) is 25.7 Å². The lowest BCUT2D eigenvalue weighted by Crippen LogP contribution is -2.19. The fourth-order valence-electron chi connectivity index (χ4n) is 1.27. The number of rotatable bonds is 4. The van der Waals surface area contributed by atoms with E-state index in [0.717, 1.165) is 6.07 Å². The van der Waals surface area contributed by atoms with Crippen LogP contribution in [0.1, 0.15) is 11.3 Å². The third kappa shape index (κ3) is 3.77. The first-order valence-electron chi connectivity index (χ1n) is 4.66. The topological polar surface area (TPSA) is 55.1 Å². The number of halogens is 4. The molecule has 0 bridgehead atoms. The highest BCUT2D eigenvalue weighted by Gasteiger charge is 2.33. The van der Waals surface area contributed by atoms with Gasteiger partial charge in [0, 0.05) is 11.4 Å². The highest BCUT2D eigenvalue weighted by Crippen LogP contribution is 2.33. The smallest absolute Gasteiger partial charge is 0.481 e. The Morgan fingerprint density at radius 3 is 2.61 bits per heavy atom. The average molecular weight is 325 g/mol. The summed E-state index contributed by atoms with van der Waals surface area (Å²) in [6.45, 7) is 0. The van der Waals surface area contributed by atoms with Crippen molar-refractivity contribution in [3.05, 3.63) is 17.3 Å². The predicted octanol–water partition coefficient (Wildman–Crippen LogP) is 2.95. The number of ether oxygens (including phenoxy) is 2. The van der Waals surface area contributed by atoms with Gasteiger partial charge in [-0.05, 0) is 0 Å². The van der Waals surface area contributed by atoms with E-state index in [-0.39, 0.29) is 23.2 Å². The molecule has 1 heterocycles. The number of nitriles is 1. The maximum absolute atomic E-state index is 12.3. The maximum Gasteiger partial charge on any atom is 0.573 e. The van der Waals surface area contributed by atoms with Crippen LogP contribution in [0.15, 0.2) is 6.07 Å². The maximum atomic E-state index is 12.3. The van der Waals surface area contributed by atoms with Crippen molar-refractivity contribution in [3.8, 4) is 17.7 Å². The van der Waals surface area contributed by atoms with E-state index in [1.165, 1.54) is 7.11 Å². The van der Waals surface area contributed by atoms with Crippen molar-refractivity contribution in [3.63, 3.8) is 0 Å². The van der Waals surface area contributed by atoms with Gasteiger partial charge in [0.05, 0.1) is 30.9 Å². The zero-order valence-electron chi connectivity index (χ0n) is 9.21. The first kappa shape index (κ1) is 14.6. The molecule has 4 nitrogen and oxygen atoms in total. The van der Waals surface area contributed by atoms with Crippen LogP contribution in [0, 0.1) is 11.3 Å². The van der Waals surface area contributed by atoms with Crippen LogP contribution in [0.4, 0.5) is 13.2 Å². The zero-order valence-corrected chi connectivity index (χ0v) is 10.8. The summed E-state index contributed by atoms with van der Waals surface area (Å²) < 4.78 is 45.5. The Kier molecular flexibility index (Phi) is 4.78. The third-order valence-corrected chi connectivity index (χ3v) is 2.48. The number of aromatic nitrogens is 1. The molecule has 0 unspecified atom stereocenters. The van der Waals surface area contributed by atoms with E-state index >= 15 is 0 Å². The minimum Gasteiger partial charge on any atom is -0.481 e. The van der Waals surface area contributed by atoms with Crippen LogP contribution in [-0.4, -0.2) is 18.5 Å². The molecular formula is C10H8BrF3N2O2. The SMILES string of the molecule is COc1nc(CBr)cc(OC(F)(F)F)c1CC#N. The summed E-state index contributed by atoms with van der Waals surface area (Å²) in [7, 11) is 1.26. The largest absolute Gasteiger partial charge is 0.573 e. The van der Waals surface area contributed by atoms with Crippen LogP contribution in [0.25, 0.3) is 0 Å². The highest BCUT2D eigenvalue weighted by atomic mass is 79.9. The Morgan fingerprint density at radius 1 is 1.50 bits per heavy atom. The van der Waals surface area contributed by atoms with E-state index in [4.69, 9.17) is 10.00 Å². The summed E-state index contributed by atoms with van der Waals surface area (Å²) >= 11 is 3.08. The average Bonchev–Trinajstić information content (AvgIpc) is 2.29. The van der Waals surface area contributed by atoms with Crippen LogP contribution >= 0.6 is 15.9 Å². The van der Waals surface area contributed by atoms with Gasteiger partial charge in [-0.2, -0.15) is 5.26 Å². The van der Waals surface area contributed by atoms with Crippen LogP contribution in [0.3, 0.4) is 0 Å². The fraction of sp³-hybridized carbons (Fsp3) is 0.400. The molecule has 18 heavy (non-hydrogen) atoms. The van der Waals surface area contributed by atoms with Crippen LogP contribution in [-0.2, 0) is 11.8 Å². The Bertz CT molecular complexity index is 471. The third-order valence-electron chi connectivity index (χ3n) is 1.91. The Labute approximate surface area is 109 Å². The normalized spacial score (nSPS) is 10.9. The molecule has 0 aromatic carbocycles. The number of alkyl halides is 4. The van der Waals surface area contributed by atoms with Crippen LogP contribution < -0.4 is 9.47 Å². The zero-order chi connectivity index (χ0) is 13.8. The molecule has 1 aromatic rings. The van der Waals surface area contributed by atoms with Gasteiger partial charge in [0.25, 0.3) is 0 Å². The van der Waals surface area contributed by atoms with Crippen molar-refractivity contribution >= 4 is 15.9 Å². The molecule has 0 saturated heterocycles. The Morgan fingerprint density at radius 2 is 2.17 bits per heavy atom. The molecule has 1 aromatic heterocycles. The minimum absolute atomic E-state index is 0.0259. The molecule has 0 N–H and O–H groups in total. The van der Waals surface area contributed by atoms with Crippen molar-refractivity contribution in [1.29, 1.82) is 5.26 Å². The monoisotopic (exact) mass is 324 g/mol. The molecule has 0 aliphatic carbocycles. The lowest BCUT2D eigenvalue weighted by molar-refractivity contribution is -0.274. The Hall–Kier alpha value is -1.49. The molecule has 0 amide bonds. The second-order valence-electron chi connectivity index (χ2n) is 3.12. The molecule has 0 spiro atoms. The standard InChI is InChI=1S/C10H8BrF3N2O2/c1-17-9-7(2-3-15)8(18-10(12,13)14)4-6(5-11)16-9/h4H,2,5H2,1H3. The lowest BCUT2D eigenvalue weighted by Gasteiger charge is -2.15. The van der Waals surface area contributed by atoms with Crippen molar-refractivity contribution < 1.29 is 22.6 Å². The Balaban J connectivity index is 3.30. The molecule has 0 fully saturated rings. The number of hydrogen-bond donors (Lipinski definition) is 0. The first-order chi connectivity index (χ1) is 8.41. The number of pyridine rings is 1. The number of methoxy groups -OCH3 is 1. The second kappa shape index (κ2) is 5.91. The van der Waals surface area contributed by atoms with Gasteiger partial charge in [-0.1, -0.05) is 15.9 Å². The fourth-order valence-corrected chi connectivity index (χ4v) is 1.56. The van der Waals surface area contributed by atoms with E-state index < -0.39 is 12.1 Å².